The second-order valence-corrected chi connectivity index (χ2v) is 5.74. The fourth-order valence-electron chi connectivity index (χ4n) is 2.31. The Hall–Kier alpha value is -1.88. The van der Waals surface area contributed by atoms with Crippen molar-refractivity contribution < 1.29 is 9.53 Å². The van der Waals surface area contributed by atoms with E-state index < -0.39 is 0 Å². The van der Waals surface area contributed by atoms with E-state index in [-0.39, 0.29) is 24.5 Å². The first-order valence-electron chi connectivity index (χ1n) is 7.45. The number of methoxy groups -OCH3 is 1. The van der Waals surface area contributed by atoms with Crippen LogP contribution in [0.15, 0.2) is 54.6 Å². The molecule has 0 saturated carbocycles. The predicted molar refractivity (Wildman–Crippen MR) is 92.2 cm³/mol. The summed E-state index contributed by atoms with van der Waals surface area (Å²) in [4.78, 5) is 12.1. The molecule has 0 aliphatic rings. The van der Waals surface area contributed by atoms with E-state index in [0.717, 1.165) is 11.1 Å². The Labute approximate surface area is 141 Å². The molecule has 2 aromatic rings. The quantitative estimate of drug-likeness (QED) is 0.818. The molecule has 0 fully saturated rings. The second kappa shape index (κ2) is 8.67. The van der Waals surface area contributed by atoms with E-state index in [1.165, 1.54) is 0 Å². The summed E-state index contributed by atoms with van der Waals surface area (Å²) in [6, 6.07) is 16.7. The molecule has 23 heavy (non-hydrogen) atoms. The van der Waals surface area contributed by atoms with E-state index in [1.807, 2.05) is 42.5 Å². The Kier molecular flexibility index (Phi) is 6.59. The third kappa shape index (κ3) is 5.36. The third-order valence-electron chi connectivity index (χ3n) is 3.64. The molecule has 2 aromatic carbocycles. The molecule has 0 heterocycles. The average Bonchev–Trinajstić information content (AvgIpc) is 2.57. The van der Waals surface area contributed by atoms with Crippen molar-refractivity contribution in [3.8, 4) is 0 Å². The van der Waals surface area contributed by atoms with Gasteiger partial charge in [-0.05, 0) is 23.3 Å². The lowest BCUT2D eigenvalue weighted by atomic mass is 10.0. The van der Waals surface area contributed by atoms with E-state index in [1.54, 1.807) is 19.2 Å². The Balaban J connectivity index is 1.86. The number of amides is 1. The van der Waals surface area contributed by atoms with Crippen molar-refractivity contribution in [2.45, 2.75) is 18.6 Å². The number of hydrogen-bond acceptors (Lipinski definition) is 3. The first-order chi connectivity index (χ1) is 11.1. The first-order valence-corrected chi connectivity index (χ1v) is 7.83. The molecule has 0 bridgehead atoms. The maximum absolute atomic E-state index is 12.1. The molecule has 0 aromatic heterocycles. The maximum Gasteiger partial charge on any atom is 0.222 e. The van der Waals surface area contributed by atoms with Gasteiger partial charge in [0.25, 0.3) is 0 Å². The molecule has 2 rings (SSSR count). The molecule has 122 valence electrons. The Morgan fingerprint density at radius 1 is 1.13 bits per heavy atom. The zero-order chi connectivity index (χ0) is 16.7. The Morgan fingerprint density at radius 3 is 2.39 bits per heavy atom. The number of carbonyl (C=O) groups is 1. The van der Waals surface area contributed by atoms with Gasteiger partial charge in [-0.15, -0.1) is 0 Å². The summed E-state index contributed by atoms with van der Waals surface area (Å²) in [6.45, 7) is 0.387. The number of benzene rings is 2. The lowest BCUT2D eigenvalue weighted by molar-refractivity contribution is -0.122. The van der Waals surface area contributed by atoms with E-state index in [0.29, 0.717) is 11.6 Å². The summed E-state index contributed by atoms with van der Waals surface area (Å²) in [6.07, 6.45) is 0.0188. The molecule has 3 N–H and O–H groups in total. The summed E-state index contributed by atoms with van der Waals surface area (Å²) in [5.74, 6) is -0.0997. The number of carbonyl (C=O) groups excluding carboxylic acids is 1. The van der Waals surface area contributed by atoms with Gasteiger partial charge in [-0.2, -0.15) is 0 Å². The van der Waals surface area contributed by atoms with Crippen LogP contribution in [0.4, 0.5) is 0 Å². The molecule has 0 spiro atoms. The van der Waals surface area contributed by atoms with Crippen LogP contribution in [0.5, 0.6) is 0 Å². The Morgan fingerprint density at radius 2 is 1.78 bits per heavy atom. The van der Waals surface area contributed by atoms with Crippen molar-refractivity contribution in [3.63, 3.8) is 0 Å². The fraction of sp³-hybridized carbons (Fsp3) is 0.278. The van der Waals surface area contributed by atoms with Gasteiger partial charge >= 0.3 is 0 Å². The minimum atomic E-state index is -0.312. The van der Waals surface area contributed by atoms with Crippen molar-refractivity contribution >= 4 is 17.5 Å². The highest BCUT2D eigenvalue weighted by Crippen LogP contribution is 2.19. The van der Waals surface area contributed by atoms with Gasteiger partial charge in [0.05, 0.1) is 6.10 Å². The number of ether oxygens (including phenoxy) is 1. The number of rotatable bonds is 7. The van der Waals surface area contributed by atoms with Crippen molar-refractivity contribution in [3.05, 3.63) is 70.7 Å². The fourth-order valence-corrected chi connectivity index (χ4v) is 2.44. The van der Waals surface area contributed by atoms with Crippen LogP contribution in [0.25, 0.3) is 0 Å². The molecule has 0 radical (unpaired) electrons. The zero-order valence-corrected chi connectivity index (χ0v) is 13.8. The lowest BCUT2D eigenvalue weighted by Crippen LogP contribution is -2.31. The maximum atomic E-state index is 12.1. The van der Waals surface area contributed by atoms with E-state index in [9.17, 15) is 4.79 Å². The molecule has 1 amide bonds. The molecule has 5 heteroatoms. The molecule has 4 nitrogen and oxygen atoms in total. The summed E-state index contributed by atoms with van der Waals surface area (Å²) in [5, 5.41) is 3.54. The number of nitrogens with two attached hydrogens (primary N) is 1. The topological polar surface area (TPSA) is 64.3 Å². The van der Waals surface area contributed by atoms with Gasteiger partial charge in [-0.1, -0.05) is 54.1 Å². The van der Waals surface area contributed by atoms with Crippen LogP contribution in [0.3, 0.4) is 0 Å². The van der Waals surface area contributed by atoms with Crippen molar-refractivity contribution in [2.75, 3.05) is 13.7 Å². The van der Waals surface area contributed by atoms with E-state index >= 15 is 0 Å². The van der Waals surface area contributed by atoms with Crippen LogP contribution >= 0.6 is 11.6 Å². The third-order valence-corrected chi connectivity index (χ3v) is 3.90. The van der Waals surface area contributed by atoms with Crippen LogP contribution < -0.4 is 11.1 Å². The lowest BCUT2D eigenvalue weighted by Gasteiger charge is -2.18. The first kappa shape index (κ1) is 17.5. The molecule has 2 unspecified atom stereocenters. The van der Waals surface area contributed by atoms with Crippen LogP contribution in [-0.2, 0) is 9.53 Å². The van der Waals surface area contributed by atoms with Crippen LogP contribution in [-0.4, -0.2) is 19.6 Å². The molecule has 0 aliphatic heterocycles. The standard InChI is InChI=1S/C18H21ClN2O2/c1-23-17(14-7-9-15(19)10-8-14)12-21-18(22)11-16(20)13-5-3-2-4-6-13/h2-10,16-17H,11-12,20H2,1H3,(H,21,22). The molecular weight excluding hydrogens is 312 g/mol. The molecule has 0 saturated heterocycles. The van der Waals surface area contributed by atoms with Gasteiger partial charge in [0.1, 0.15) is 0 Å². The van der Waals surface area contributed by atoms with Crippen molar-refractivity contribution in [2.24, 2.45) is 5.73 Å². The van der Waals surface area contributed by atoms with Gasteiger partial charge in [0.2, 0.25) is 5.91 Å². The minimum Gasteiger partial charge on any atom is -0.375 e. The van der Waals surface area contributed by atoms with Crippen LogP contribution in [0, 0.1) is 0 Å². The van der Waals surface area contributed by atoms with Gasteiger partial charge in [0, 0.05) is 31.1 Å². The average molecular weight is 333 g/mol. The van der Waals surface area contributed by atoms with Gasteiger partial charge < -0.3 is 15.8 Å². The minimum absolute atomic E-state index is 0.0997. The molecule has 2 atom stereocenters. The Bertz CT molecular complexity index is 617. The smallest absolute Gasteiger partial charge is 0.222 e. The molecule has 0 aliphatic carbocycles. The van der Waals surface area contributed by atoms with Crippen molar-refractivity contribution in [1.29, 1.82) is 0 Å². The number of nitrogens with one attached hydrogen (secondary N) is 1. The summed E-state index contributed by atoms with van der Waals surface area (Å²) < 4.78 is 5.43. The zero-order valence-electron chi connectivity index (χ0n) is 13.0. The highest BCUT2D eigenvalue weighted by Gasteiger charge is 2.15. The summed E-state index contributed by atoms with van der Waals surface area (Å²) in [7, 11) is 1.61. The second-order valence-electron chi connectivity index (χ2n) is 5.30. The van der Waals surface area contributed by atoms with Gasteiger partial charge in [-0.25, -0.2) is 0 Å². The van der Waals surface area contributed by atoms with Crippen molar-refractivity contribution in [1.82, 2.24) is 5.32 Å². The molecular formula is C18H21ClN2O2. The van der Waals surface area contributed by atoms with Gasteiger partial charge in [-0.3, -0.25) is 4.79 Å². The normalized spacial score (nSPS) is 13.3. The monoisotopic (exact) mass is 332 g/mol. The number of hydrogen-bond donors (Lipinski definition) is 2. The van der Waals surface area contributed by atoms with Crippen LogP contribution in [0.2, 0.25) is 5.02 Å². The van der Waals surface area contributed by atoms with E-state index in [4.69, 9.17) is 22.1 Å². The largest absolute Gasteiger partial charge is 0.375 e. The highest BCUT2D eigenvalue weighted by atomic mass is 35.5. The highest BCUT2D eigenvalue weighted by molar-refractivity contribution is 6.30. The van der Waals surface area contributed by atoms with E-state index in [2.05, 4.69) is 5.32 Å². The SMILES string of the molecule is COC(CNC(=O)CC(N)c1ccccc1)c1ccc(Cl)cc1. The van der Waals surface area contributed by atoms with Gasteiger partial charge in [0.15, 0.2) is 0 Å². The number of halogens is 1. The summed E-state index contributed by atoms with van der Waals surface area (Å²) in [5.41, 5.74) is 7.97. The van der Waals surface area contributed by atoms with Crippen LogP contribution in [0.1, 0.15) is 29.7 Å². The summed E-state index contributed by atoms with van der Waals surface area (Å²) >= 11 is 5.88. The predicted octanol–water partition coefficient (Wildman–Crippen LogP) is 3.23.